The van der Waals surface area contributed by atoms with Crippen molar-refractivity contribution in [2.24, 2.45) is 0 Å². The zero-order chi connectivity index (χ0) is 31.3. The van der Waals surface area contributed by atoms with E-state index in [1.165, 1.54) is 12.8 Å². The summed E-state index contributed by atoms with van der Waals surface area (Å²) >= 11 is 0. The van der Waals surface area contributed by atoms with E-state index in [-0.39, 0.29) is 12.8 Å². The molecule has 42 heavy (non-hydrogen) atoms. The summed E-state index contributed by atoms with van der Waals surface area (Å²) in [5.74, 6) is -1.05. The van der Waals surface area contributed by atoms with Crippen molar-refractivity contribution in [2.45, 2.75) is 135 Å². The molecule has 0 heterocycles. The molecular weight excluding hydrogens is 563 g/mol. The summed E-state index contributed by atoms with van der Waals surface area (Å²) in [6.45, 7) is 1.99. The van der Waals surface area contributed by atoms with Gasteiger partial charge in [0.25, 0.3) is 0 Å². The van der Waals surface area contributed by atoms with Crippen LogP contribution in [0.2, 0.25) is 0 Å². The number of phosphoric acid groups is 1. The molecule has 10 nitrogen and oxygen atoms in total. The minimum absolute atomic E-state index is 0.177. The van der Waals surface area contributed by atoms with Crippen LogP contribution in [0.3, 0.4) is 0 Å². The van der Waals surface area contributed by atoms with E-state index in [0.717, 1.165) is 70.6 Å². The van der Waals surface area contributed by atoms with Crippen LogP contribution in [0.5, 0.6) is 0 Å². The van der Waals surface area contributed by atoms with Gasteiger partial charge in [-0.3, -0.25) is 18.6 Å². The highest BCUT2D eigenvalue weighted by atomic mass is 31.2. The van der Waals surface area contributed by atoms with E-state index in [2.05, 4.69) is 38.2 Å². The Hall–Kier alpha value is -1.55. The number of allylic oxidation sites excluding steroid dienone is 4. The molecule has 11 heteroatoms. The Balaban J connectivity index is 4.05. The third kappa shape index (κ3) is 26.1. The summed E-state index contributed by atoms with van der Waals surface area (Å²) in [5, 5.41) is 18.9. The third-order valence-electron chi connectivity index (χ3n) is 6.42. The number of hydrogen-bond acceptors (Lipinski definition) is 9. The number of unbranched alkanes of at least 4 members (excludes halogenated alkanes) is 11. The molecule has 0 radical (unpaired) electrons. The molecule has 3 unspecified atom stereocenters. The van der Waals surface area contributed by atoms with Gasteiger partial charge in [-0.1, -0.05) is 95.9 Å². The molecule has 0 amide bonds. The van der Waals surface area contributed by atoms with Crippen LogP contribution in [-0.2, 0) is 32.7 Å². The van der Waals surface area contributed by atoms with Crippen LogP contribution in [0.1, 0.15) is 123 Å². The highest BCUT2D eigenvalue weighted by Gasteiger charge is 2.27. The molecule has 0 rings (SSSR count). The van der Waals surface area contributed by atoms with Crippen LogP contribution in [0.15, 0.2) is 24.3 Å². The monoisotopic (exact) mass is 620 g/mol. The Morgan fingerprint density at radius 3 is 1.55 bits per heavy atom. The summed E-state index contributed by atoms with van der Waals surface area (Å²) in [4.78, 5) is 33.9. The summed E-state index contributed by atoms with van der Waals surface area (Å²) in [6, 6.07) is 0. The van der Waals surface area contributed by atoms with Crippen LogP contribution >= 0.6 is 7.82 Å². The van der Waals surface area contributed by atoms with Crippen LogP contribution in [0.25, 0.3) is 0 Å². The Bertz CT molecular complexity index is 771. The fraction of sp³-hybridized carbons (Fsp3) is 0.806. The van der Waals surface area contributed by atoms with Crippen LogP contribution in [-0.4, -0.2) is 65.7 Å². The molecule has 0 bridgehead atoms. The molecule has 0 aromatic carbocycles. The maximum Gasteiger partial charge on any atom is 0.472 e. The van der Waals surface area contributed by atoms with Crippen molar-refractivity contribution in [2.75, 3.05) is 26.4 Å². The molecule has 0 saturated heterocycles. The molecule has 3 atom stereocenters. The van der Waals surface area contributed by atoms with E-state index in [9.17, 15) is 29.3 Å². The van der Waals surface area contributed by atoms with Gasteiger partial charge in [0.2, 0.25) is 0 Å². The molecule has 3 N–H and O–H groups in total. The van der Waals surface area contributed by atoms with E-state index in [1.54, 1.807) is 0 Å². The molecule has 246 valence electrons. The van der Waals surface area contributed by atoms with Gasteiger partial charge in [-0.2, -0.15) is 0 Å². The first-order chi connectivity index (χ1) is 20.3. The Kier molecular flexibility index (Phi) is 27.2. The Morgan fingerprint density at radius 2 is 1.07 bits per heavy atom. The second-order valence-electron chi connectivity index (χ2n) is 10.4. The molecule has 0 fully saturated rings. The Labute approximate surface area is 253 Å². The Morgan fingerprint density at radius 1 is 0.643 bits per heavy atom. The molecule has 0 saturated carbocycles. The van der Waals surface area contributed by atoms with E-state index < -0.39 is 58.4 Å². The van der Waals surface area contributed by atoms with Gasteiger partial charge in [-0.25, -0.2) is 4.57 Å². The first-order valence-corrected chi connectivity index (χ1v) is 17.3. The van der Waals surface area contributed by atoms with Gasteiger partial charge < -0.3 is 24.6 Å². The van der Waals surface area contributed by atoms with Gasteiger partial charge in [0, 0.05) is 12.8 Å². The fourth-order valence-corrected chi connectivity index (χ4v) is 4.68. The minimum Gasteiger partial charge on any atom is -0.457 e. The number of phosphoric ester groups is 1. The fourth-order valence-electron chi connectivity index (χ4n) is 3.89. The van der Waals surface area contributed by atoms with E-state index >= 15 is 0 Å². The topological polar surface area (TPSA) is 149 Å². The van der Waals surface area contributed by atoms with Crippen LogP contribution in [0.4, 0.5) is 0 Å². The van der Waals surface area contributed by atoms with E-state index in [1.807, 2.05) is 0 Å². The SMILES string of the molecule is CCCC/C=C\C/C=C\CCCCCCCC(=O)OC(CO)COP(=O)(O)OCC(CO)OC(=O)CCCCCCC. The van der Waals surface area contributed by atoms with Crippen molar-refractivity contribution in [3.05, 3.63) is 24.3 Å². The molecule has 0 aromatic heterocycles. The van der Waals surface area contributed by atoms with Gasteiger partial charge >= 0.3 is 19.8 Å². The average molecular weight is 621 g/mol. The highest BCUT2D eigenvalue weighted by molar-refractivity contribution is 7.47. The van der Waals surface area contributed by atoms with Gasteiger partial charge in [0.15, 0.2) is 0 Å². The molecule has 0 aliphatic heterocycles. The van der Waals surface area contributed by atoms with Crippen molar-refractivity contribution in [3.63, 3.8) is 0 Å². The maximum absolute atomic E-state index is 12.2. The lowest BCUT2D eigenvalue weighted by molar-refractivity contribution is -0.153. The third-order valence-corrected chi connectivity index (χ3v) is 7.37. The predicted molar refractivity (Wildman–Crippen MR) is 164 cm³/mol. The molecule has 0 aliphatic rings. The van der Waals surface area contributed by atoms with Gasteiger partial charge in [-0.15, -0.1) is 0 Å². The molecule has 0 spiro atoms. The van der Waals surface area contributed by atoms with Crippen molar-refractivity contribution in [1.29, 1.82) is 0 Å². The number of rotatable bonds is 29. The number of hydrogen-bond donors (Lipinski definition) is 3. The summed E-state index contributed by atoms with van der Waals surface area (Å²) in [7, 11) is -4.61. The standard InChI is InChI=1S/C31H57O10P/c1-3-5-7-9-10-11-12-13-14-15-16-17-19-21-23-31(35)41-29(25-33)27-39-42(36,37)38-26-28(24-32)40-30(34)22-20-18-8-6-4-2/h9-10,12-13,28-29,32-33H,3-8,11,14-27H2,1-2H3,(H,36,37)/b10-9-,13-12-. The van der Waals surface area contributed by atoms with Gasteiger partial charge in [0.05, 0.1) is 26.4 Å². The number of esters is 2. The minimum atomic E-state index is -4.61. The van der Waals surface area contributed by atoms with Crippen molar-refractivity contribution >= 4 is 19.8 Å². The number of aliphatic hydroxyl groups is 2. The lowest BCUT2D eigenvalue weighted by Crippen LogP contribution is -2.28. The normalized spacial score (nSPS) is 14.7. The van der Waals surface area contributed by atoms with Gasteiger partial charge in [-0.05, 0) is 38.5 Å². The number of carbonyl (C=O) groups is 2. The van der Waals surface area contributed by atoms with Gasteiger partial charge in [0.1, 0.15) is 12.2 Å². The number of carbonyl (C=O) groups excluding carboxylic acids is 2. The largest absolute Gasteiger partial charge is 0.472 e. The summed E-state index contributed by atoms with van der Waals surface area (Å²) in [6.07, 6.45) is 22.1. The van der Waals surface area contributed by atoms with E-state index in [4.69, 9.17) is 18.5 Å². The number of ether oxygens (including phenoxy) is 2. The van der Waals surface area contributed by atoms with E-state index in [0.29, 0.717) is 12.8 Å². The first-order valence-electron chi connectivity index (χ1n) is 15.8. The first kappa shape index (κ1) is 40.5. The molecular formula is C31H57O10P. The predicted octanol–water partition coefficient (Wildman–Crippen LogP) is 6.71. The summed E-state index contributed by atoms with van der Waals surface area (Å²) < 4.78 is 32.1. The smallest absolute Gasteiger partial charge is 0.457 e. The lowest BCUT2D eigenvalue weighted by atomic mass is 10.1. The van der Waals surface area contributed by atoms with Crippen molar-refractivity contribution in [3.8, 4) is 0 Å². The van der Waals surface area contributed by atoms with Crippen LogP contribution < -0.4 is 0 Å². The zero-order valence-corrected chi connectivity index (χ0v) is 26.9. The average Bonchev–Trinajstić information content (AvgIpc) is 2.97. The highest BCUT2D eigenvalue weighted by Crippen LogP contribution is 2.43. The maximum atomic E-state index is 12.2. The second kappa shape index (κ2) is 28.2. The second-order valence-corrected chi connectivity index (χ2v) is 11.9. The molecule has 0 aromatic rings. The van der Waals surface area contributed by atoms with Crippen LogP contribution in [0, 0.1) is 0 Å². The van der Waals surface area contributed by atoms with Crippen molar-refractivity contribution < 1.29 is 47.8 Å². The summed E-state index contributed by atoms with van der Waals surface area (Å²) in [5.41, 5.74) is 0. The zero-order valence-electron chi connectivity index (χ0n) is 26.0. The lowest BCUT2D eigenvalue weighted by Gasteiger charge is -2.20. The molecule has 0 aliphatic carbocycles. The number of aliphatic hydroxyl groups excluding tert-OH is 2. The van der Waals surface area contributed by atoms with Crippen molar-refractivity contribution in [1.82, 2.24) is 0 Å². The quantitative estimate of drug-likeness (QED) is 0.0356.